The van der Waals surface area contributed by atoms with E-state index in [2.05, 4.69) is 15.1 Å². The average Bonchev–Trinajstić information content (AvgIpc) is 3.45. The molecule has 2 aromatic heterocycles. The van der Waals surface area contributed by atoms with Gasteiger partial charge in [0.05, 0.1) is 29.0 Å². The Morgan fingerprint density at radius 1 is 1.08 bits per heavy atom. The van der Waals surface area contributed by atoms with Gasteiger partial charge in [0.2, 0.25) is 0 Å². The van der Waals surface area contributed by atoms with Crippen LogP contribution in [0, 0.1) is 0 Å². The van der Waals surface area contributed by atoms with Gasteiger partial charge in [0.1, 0.15) is 12.4 Å². The van der Waals surface area contributed by atoms with Gasteiger partial charge in [-0.3, -0.25) is 9.69 Å². The van der Waals surface area contributed by atoms with Crippen LogP contribution >= 0.6 is 0 Å². The highest BCUT2D eigenvalue weighted by atomic mass is 19.4. The highest BCUT2D eigenvalue weighted by Crippen LogP contribution is 2.40. The first-order valence-corrected chi connectivity index (χ1v) is 16.2. The summed E-state index contributed by atoms with van der Waals surface area (Å²) in [7, 11) is 2.04. The van der Waals surface area contributed by atoms with E-state index in [0.717, 1.165) is 55.8 Å². The van der Waals surface area contributed by atoms with Crippen LogP contribution < -0.4 is 15.6 Å². The van der Waals surface area contributed by atoms with Gasteiger partial charge >= 0.3 is 24.2 Å². The van der Waals surface area contributed by atoms with Crippen molar-refractivity contribution in [2.75, 3.05) is 59.4 Å². The predicted molar refractivity (Wildman–Crippen MR) is 171 cm³/mol. The molecule has 0 bridgehead atoms. The molecular weight excluding hydrogens is 665 g/mol. The minimum Gasteiger partial charge on any atom is -0.475 e. The number of aromatic nitrogens is 2. The predicted octanol–water partition coefficient (Wildman–Crippen LogP) is 1.86. The summed E-state index contributed by atoms with van der Waals surface area (Å²) in [6.07, 6.45) is -5.35. The first-order valence-electron chi connectivity index (χ1n) is 16.2. The second-order valence-electron chi connectivity index (χ2n) is 12.7. The molecular formula is C33H37F3N6O8. The highest BCUT2D eigenvalue weighted by Gasteiger charge is 2.45. The van der Waals surface area contributed by atoms with Crippen molar-refractivity contribution in [1.82, 2.24) is 29.6 Å². The molecule has 0 unspecified atom stereocenters. The third kappa shape index (κ3) is 6.65. The number of carboxylic acid groups (broad SMARTS) is 1. The summed E-state index contributed by atoms with van der Waals surface area (Å²) >= 11 is 0. The summed E-state index contributed by atoms with van der Waals surface area (Å²) in [5.41, 5.74) is 2.08. The Morgan fingerprint density at radius 3 is 2.40 bits per heavy atom. The number of aliphatic hydroxyl groups is 1. The number of cyclic esters (lactones) is 1. The standard InChI is InChI=1S/C31H36N6O6.C2HF3O2/c1-3-31(41)23-15-25-27-19(16-37(25)28(38)22(23)18-42-29(31)39)14-20-21(17-35-8-6-32-7-9-35)26(5-4-24(20)33-27)43-30(40)36-12-10-34(2)11-13-36;3-2(4,5)1(6)7/h4-5,14-15,32,41H,3,6-13,16-18H2,1-2H3;(H,6,7)/t31-;/m0./s1. The fourth-order valence-corrected chi connectivity index (χ4v) is 6.59. The molecule has 1 aromatic carbocycles. The maximum atomic E-state index is 13.6. The maximum Gasteiger partial charge on any atom is 0.490 e. The zero-order valence-corrected chi connectivity index (χ0v) is 27.5. The SMILES string of the molecule is CC[C@@]1(O)C(=O)OCc2c1cc1n(c2=O)Cc2cc3c(CN4CCNCC4)c(OC(=O)N4CCN(C)CC4)ccc3nc2-1.O=C(O)C(F)(F)F. The van der Waals surface area contributed by atoms with Gasteiger partial charge in [-0.2, -0.15) is 13.2 Å². The molecule has 14 nitrogen and oxygen atoms in total. The van der Waals surface area contributed by atoms with Gasteiger partial charge < -0.3 is 39.4 Å². The second-order valence-corrected chi connectivity index (χ2v) is 12.7. The molecule has 2 saturated heterocycles. The lowest BCUT2D eigenvalue weighted by molar-refractivity contribution is -0.192. The van der Waals surface area contributed by atoms with Crippen molar-refractivity contribution in [2.24, 2.45) is 0 Å². The molecule has 4 aliphatic heterocycles. The minimum atomic E-state index is -5.08. The average molecular weight is 703 g/mol. The molecule has 50 heavy (non-hydrogen) atoms. The zero-order chi connectivity index (χ0) is 36.0. The van der Waals surface area contributed by atoms with Crippen LogP contribution in [-0.2, 0) is 39.6 Å². The molecule has 17 heteroatoms. The Hall–Kier alpha value is -4.58. The van der Waals surface area contributed by atoms with E-state index in [4.69, 9.17) is 24.4 Å². The van der Waals surface area contributed by atoms with Crippen molar-refractivity contribution in [3.05, 3.63) is 56.9 Å². The molecule has 1 amide bonds. The maximum absolute atomic E-state index is 13.6. The van der Waals surface area contributed by atoms with E-state index in [1.807, 2.05) is 25.2 Å². The molecule has 0 aliphatic carbocycles. The molecule has 0 radical (unpaired) electrons. The molecule has 6 heterocycles. The Kier molecular flexibility index (Phi) is 9.60. The molecule has 3 aromatic rings. The van der Waals surface area contributed by atoms with E-state index in [1.54, 1.807) is 22.5 Å². The number of alkyl halides is 3. The van der Waals surface area contributed by atoms with E-state index in [1.165, 1.54) is 0 Å². The number of amides is 1. The van der Waals surface area contributed by atoms with E-state index in [-0.39, 0.29) is 24.7 Å². The van der Waals surface area contributed by atoms with Crippen LogP contribution in [0.2, 0.25) is 0 Å². The van der Waals surface area contributed by atoms with E-state index >= 15 is 0 Å². The van der Waals surface area contributed by atoms with Gasteiger partial charge in [0.25, 0.3) is 5.56 Å². The monoisotopic (exact) mass is 702 g/mol. The van der Waals surface area contributed by atoms with Gasteiger partial charge in [-0.05, 0) is 37.7 Å². The number of hydrogen-bond donors (Lipinski definition) is 3. The van der Waals surface area contributed by atoms with Gasteiger partial charge in [-0.15, -0.1) is 0 Å². The number of likely N-dealkylation sites (N-methyl/N-ethyl adjacent to an activating group) is 1. The number of carbonyl (C=O) groups excluding carboxylic acids is 2. The number of nitrogens with one attached hydrogen (secondary N) is 1. The molecule has 3 N–H and O–H groups in total. The molecule has 1 atom stereocenters. The van der Waals surface area contributed by atoms with Gasteiger partial charge in [-0.25, -0.2) is 19.4 Å². The molecule has 7 rings (SSSR count). The van der Waals surface area contributed by atoms with Crippen molar-refractivity contribution in [3.8, 4) is 17.1 Å². The number of fused-ring (bicyclic) bond motifs is 5. The molecule has 2 fully saturated rings. The van der Waals surface area contributed by atoms with Crippen LogP contribution in [0.15, 0.2) is 29.1 Å². The summed E-state index contributed by atoms with van der Waals surface area (Å²) in [5.74, 6) is -2.98. The van der Waals surface area contributed by atoms with Crippen molar-refractivity contribution in [1.29, 1.82) is 0 Å². The Labute approximate surface area is 284 Å². The van der Waals surface area contributed by atoms with Crippen molar-refractivity contribution in [3.63, 3.8) is 0 Å². The summed E-state index contributed by atoms with van der Waals surface area (Å²) in [5, 5.41) is 22.6. The number of benzene rings is 1. The van der Waals surface area contributed by atoms with Crippen LogP contribution in [0.4, 0.5) is 18.0 Å². The Morgan fingerprint density at radius 2 is 1.76 bits per heavy atom. The van der Waals surface area contributed by atoms with Gasteiger partial charge in [-0.1, -0.05) is 6.92 Å². The Balaban J connectivity index is 0.000000561. The lowest BCUT2D eigenvalue weighted by Crippen LogP contribution is -2.48. The number of halogens is 3. The molecule has 0 saturated carbocycles. The largest absolute Gasteiger partial charge is 0.490 e. The summed E-state index contributed by atoms with van der Waals surface area (Å²) in [6.45, 7) is 8.76. The van der Waals surface area contributed by atoms with Gasteiger partial charge in [0.15, 0.2) is 5.60 Å². The van der Waals surface area contributed by atoms with Crippen LogP contribution in [0.5, 0.6) is 5.75 Å². The Bertz CT molecular complexity index is 1900. The first-order chi connectivity index (χ1) is 23.7. The fourth-order valence-electron chi connectivity index (χ4n) is 6.59. The van der Waals surface area contributed by atoms with Crippen LogP contribution in [0.1, 0.15) is 35.6 Å². The minimum absolute atomic E-state index is 0.0880. The third-order valence-electron chi connectivity index (χ3n) is 9.55. The van der Waals surface area contributed by atoms with Crippen molar-refractivity contribution in [2.45, 2.75) is 44.8 Å². The number of nitrogens with zero attached hydrogens (tertiary/aromatic N) is 5. The second kappa shape index (κ2) is 13.6. The molecule has 0 spiro atoms. The summed E-state index contributed by atoms with van der Waals surface area (Å²) in [6, 6.07) is 7.43. The first kappa shape index (κ1) is 35.3. The van der Waals surface area contributed by atoms with E-state index < -0.39 is 23.7 Å². The number of hydrogen-bond acceptors (Lipinski definition) is 11. The fraction of sp³-hybridized carbons (Fsp3) is 0.485. The summed E-state index contributed by atoms with van der Waals surface area (Å²) in [4.78, 5) is 59.5. The number of carbonyl (C=O) groups is 3. The molecule has 4 aliphatic rings. The number of rotatable bonds is 4. The van der Waals surface area contributed by atoms with E-state index in [0.29, 0.717) is 60.0 Å². The zero-order valence-electron chi connectivity index (χ0n) is 27.5. The highest BCUT2D eigenvalue weighted by molar-refractivity contribution is 5.90. The number of esters is 1. The smallest absolute Gasteiger partial charge is 0.475 e. The van der Waals surface area contributed by atoms with Crippen LogP contribution in [-0.4, -0.2) is 118 Å². The quantitative estimate of drug-likeness (QED) is 0.265. The molecule has 268 valence electrons. The topological polar surface area (TPSA) is 167 Å². The lowest BCUT2D eigenvalue weighted by atomic mass is 9.86. The number of ether oxygens (including phenoxy) is 2. The van der Waals surface area contributed by atoms with Crippen molar-refractivity contribution < 1.29 is 47.2 Å². The number of aliphatic carboxylic acids is 1. The summed E-state index contributed by atoms with van der Waals surface area (Å²) < 4.78 is 44.6. The normalized spacial score (nSPS) is 20.7. The number of pyridine rings is 2. The lowest BCUT2D eigenvalue weighted by Gasteiger charge is -2.32. The third-order valence-corrected chi connectivity index (χ3v) is 9.55. The van der Waals surface area contributed by atoms with Crippen molar-refractivity contribution >= 4 is 28.9 Å². The van der Waals surface area contributed by atoms with Crippen LogP contribution in [0.25, 0.3) is 22.3 Å². The number of piperazine rings is 2. The number of carboxylic acids is 1. The van der Waals surface area contributed by atoms with E-state index in [9.17, 15) is 32.7 Å². The van der Waals surface area contributed by atoms with Crippen LogP contribution in [0.3, 0.4) is 0 Å². The van der Waals surface area contributed by atoms with Gasteiger partial charge in [0, 0.05) is 81.0 Å².